The van der Waals surface area contributed by atoms with Crippen molar-refractivity contribution in [2.75, 3.05) is 0 Å². The van der Waals surface area contributed by atoms with Gasteiger partial charge in [-0.1, -0.05) is 49.9 Å². The van der Waals surface area contributed by atoms with E-state index < -0.39 is 0 Å². The Morgan fingerprint density at radius 2 is 1.83 bits per heavy atom. The summed E-state index contributed by atoms with van der Waals surface area (Å²) < 4.78 is 14.1. The third-order valence-electron chi connectivity index (χ3n) is 4.63. The molecule has 2 aromatic carbocycles. The van der Waals surface area contributed by atoms with Gasteiger partial charge in [-0.25, -0.2) is 4.39 Å². The lowest BCUT2D eigenvalue weighted by molar-refractivity contribution is 0.623. The van der Waals surface area contributed by atoms with Crippen LogP contribution in [0, 0.1) is 5.82 Å². The fourth-order valence-corrected chi connectivity index (χ4v) is 3.12. The normalized spacial score (nSPS) is 13.7. The Balaban J connectivity index is 1.64. The SMILES string of the molecule is C=C1CCc2cc(F)c(/C=C/CCc3ccc(CC)cc3)cc21. The van der Waals surface area contributed by atoms with Crippen LogP contribution >= 0.6 is 0 Å². The summed E-state index contributed by atoms with van der Waals surface area (Å²) in [6.45, 7) is 6.23. The van der Waals surface area contributed by atoms with Crippen LogP contribution in [-0.4, -0.2) is 0 Å². The van der Waals surface area contributed by atoms with Crippen LogP contribution < -0.4 is 0 Å². The van der Waals surface area contributed by atoms with Gasteiger partial charge in [-0.15, -0.1) is 0 Å². The van der Waals surface area contributed by atoms with Crippen LogP contribution in [0.1, 0.15) is 47.6 Å². The second kappa shape index (κ2) is 6.95. The maximum absolute atomic E-state index is 14.1. The number of fused-ring (bicyclic) bond motifs is 1. The highest BCUT2D eigenvalue weighted by Crippen LogP contribution is 2.32. The number of hydrogen-bond acceptors (Lipinski definition) is 0. The number of aryl methyl sites for hydroxylation is 3. The van der Waals surface area contributed by atoms with E-state index >= 15 is 0 Å². The Hall–Kier alpha value is -2.15. The van der Waals surface area contributed by atoms with Gasteiger partial charge in [0.2, 0.25) is 0 Å². The van der Waals surface area contributed by atoms with Crippen LogP contribution in [-0.2, 0) is 19.3 Å². The molecule has 0 spiro atoms. The molecule has 118 valence electrons. The van der Waals surface area contributed by atoms with E-state index in [9.17, 15) is 4.39 Å². The second-order valence-electron chi connectivity index (χ2n) is 6.25. The van der Waals surface area contributed by atoms with Gasteiger partial charge >= 0.3 is 0 Å². The molecule has 0 N–H and O–H groups in total. The smallest absolute Gasteiger partial charge is 0.130 e. The van der Waals surface area contributed by atoms with Crippen molar-refractivity contribution in [2.45, 2.75) is 39.0 Å². The molecule has 1 aliphatic carbocycles. The molecular formula is C22H23F. The molecule has 0 heterocycles. The minimum absolute atomic E-state index is 0.123. The lowest BCUT2D eigenvalue weighted by Crippen LogP contribution is -1.89. The first kappa shape index (κ1) is 15.7. The molecule has 2 aromatic rings. The standard InChI is InChI=1S/C22H23F/c1-3-17-9-11-18(12-10-17)6-4-5-7-20-14-21-16(2)8-13-19(21)15-22(20)23/h5,7,9-12,14-15H,2-4,6,8,13H2,1H3/b7-5+. The van der Waals surface area contributed by atoms with E-state index in [2.05, 4.69) is 43.8 Å². The molecule has 0 atom stereocenters. The van der Waals surface area contributed by atoms with Crippen molar-refractivity contribution >= 4 is 11.6 Å². The first-order chi connectivity index (χ1) is 11.2. The largest absolute Gasteiger partial charge is 0.206 e. The number of hydrogen-bond donors (Lipinski definition) is 0. The Morgan fingerprint density at radius 3 is 2.57 bits per heavy atom. The third-order valence-corrected chi connectivity index (χ3v) is 4.63. The Bertz CT molecular complexity index is 735. The van der Waals surface area contributed by atoms with E-state index in [-0.39, 0.29) is 5.82 Å². The molecule has 0 bridgehead atoms. The zero-order valence-electron chi connectivity index (χ0n) is 13.7. The summed E-state index contributed by atoms with van der Waals surface area (Å²) >= 11 is 0. The molecule has 0 aromatic heterocycles. The van der Waals surface area contributed by atoms with Crippen LogP contribution in [0.2, 0.25) is 0 Å². The predicted octanol–water partition coefficient (Wildman–Crippen LogP) is 5.99. The average molecular weight is 306 g/mol. The van der Waals surface area contributed by atoms with E-state index in [0.29, 0.717) is 5.56 Å². The van der Waals surface area contributed by atoms with Gasteiger partial charge in [0, 0.05) is 5.56 Å². The summed E-state index contributed by atoms with van der Waals surface area (Å²) in [7, 11) is 0. The van der Waals surface area contributed by atoms with Gasteiger partial charge in [-0.05, 0) is 72.1 Å². The van der Waals surface area contributed by atoms with Gasteiger partial charge in [0.1, 0.15) is 5.82 Å². The van der Waals surface area contributed by atoms with Gasteiger partial charge in [0.15, 0.2) is 0 Å². The summed E-state index contributed by atoms with van der Waals surface area (Å²) in [6.07, 6.45) is 8.82. The minimum Gasteiger partial charge on any atom is -0.206 e. The van der Waals surface area contributed by atoms with E-state index in [1.807, 2.05) is 12.1 Å². The summed E-state index contributed by atoms with van der Waals surface area (Å²) in [5, 5.41) is 0. The van der Waals surface area contributed by atoms with Gasteiger partial charge in [-0.2, -0.15) is 0 Å². The number of benzene rings is 2. The van der Waals surface area contributed by atoms with E-state index in [1.54, 1.807) is 6.07 Å². The van der Waals surface area contributed by atoms with E-state index in [0.717, 1.165) is 48.8 Å². The fourth-order valence-electron chi connectivity index (χ4n) is 3.12. The van der Waals surface area contributed by atoms with Crippen molar-refractivity contribution in [1.82, 2.24) is 0 Å². The Labute approximate surface area is 138 Å². The van der Waals surface area contributed by atoms with Crippen LogP contribution in [0.3, 0.4) is 0 Å². The quantitative estimate of drug-likeness (QED) is 0.636. The third kappa shape index (κ3) is 3.61. The highest BCUT2D eigenvalue weighted by atomic mass is 19.1. The molecule has 0 nitrogen and oxygen atoms in total. The molecule has 0 unspecified atom stereocenters. The maximum Gasteiger partial charge on any atom is 0.130 e. The van der Waals surface area contributed by atoms with Crippen LogP contribution in [0.5, 0.6) is 0 Å². The summed E-state index contributed by atoms with van der Waals surface area (Å²) in [4.78, 5) is 0. The maximum atomic E-state index is 14.1. The molecule has 0 aliphatic heterocycles. The molecule has 3 rings (SSSR count). The van der Waals surface area contributed by atoms with E-state index in [4.69, 9.17) is 0 Å². The Kier molecular flexibility index (Phi) is 4.76. The number of allylic oxidation sites excluding steroid dienone is 2. The molecular weight excluding hydrogens is 283 g/mol. The van der Waals surface area contributed by atoms with Crippen molar-refractivity contribution in [3.8, 4) is 0 Å². The average Bonchev–Trinajstić information content (AvgIpc) is 2.92. The first-order valence-electron chi connectivity index (χ1n) is 8.42. The molecule has 0 amide bonds. The summed E-state index contributed by atoms with van der Waals surface area (Å²) in [5.74, 6) is -0.123. The van der Waals surface area contributed by atoms with Crippen molar-refractivity contribution < 1.29 is 4.39 Å². The lowest BCUT2D eigenvalue weighted by Gasteiger charge is -2.04. The van der Waals surface area contributed by atoms with Crippen molar-refractivity contribution in [1.29, 1.82) is 0 Å². The number of halogens is 1. The molecule has 23 heavy (non-hydrogen) atoms. The fraction of sp³-hybridized carbons (Fsp3) is 0.273. The zero-order valence-corrected chi connectivity index (χ0v) is 13.7. The number of rotatable bonds is 5. The van der Waals surface area contributed by atoms with E-state index in [1.165, 1.54) is 11.1 Å². The monoisotopic (exact) mass is 306 g/mol. The van der Waals surface area contributed by atoms with Gasteiger partial charge in [-0.3, -0.25) is 0 Å². The van der Waals surface area contributed by atoms with Crippen LogP contribution in [0.15, 0.2) is 49.1 Å². The zero-order chi connectivity index (χ0) is 16.2. The molecule has 0 fully saturated rings. The molecule has 0 saturated heterocycles. The van der Waals surface area contributed by atoms with Crippen LogP contribution in [0.4, 0.5) is 4.39 Å². The lowest BCUT2D eigenvalue weighted by atomic mass is 10.0. The second-order valence-corrected chi connectivity index (χ2v) is 6.25. The highest BCUT2D eigenvalue weighted by molar-refractivity contribution is 5.73. The van der Waals surface area contributed by atoms with Gasteiger partial charge in [0.05, 0.1) is 0 Å². The minimum atomic E-state index is -0.123. The summed E-state index contributed by atoms with van der Waals surface area (Å²) in [6, 6.07) is 12.4. The van der Waals surface area contributed by atoms with Crippen molar-refractivity contribution in [2.24, 2.45) is 0 Å². The molecule has 1 aliphatic rings. The van der Waals surface area contributed by atoms with Crippen LogP contribution in [0.25, 0.3) is 11.6 Å². The predicted molar refractivity (Wildman–Crippen MR) is 96.9 cm³/mol. The van der Waals surface area contributed by atoms with Gasteiger partial charge < -0.3 is 0 Å². The summed E-state index contributed by atoms with van der Waals surface area (Å²) in [5.41, 5.74) is 6.74. The highest BCUT2D eigenvalue weighted by Gasteiger charge is 2.16. The molecule has 0 radical (unpaired) electrons. The van der Waals surface area contributed by atoms with Crippen molar-refractivity contribution in [3.63, 3.8) is 0 Å². The van der Waals surface area contributed by atoms with Gasteiger partial charge in [0.25, 0.3) is 0 Å². The molecule has 0 saturated carbocycles. The topological polar surface area (TPSA) is 0 Å². The first-order valence-corrected chi connectivity index (χ1v) is 8.42. The molecule has 1 heteroatoms. The van der Waals surface area contributed by atoms with Crippen molar-refractivity contribution in [3.05, 3.63) is 82.7 Å². The Morgan fingerprint density at radius 1 is 1.09 bits per heavy atom.